The molecule has 9 N–H and O–H groups in total. The molecule has 4 heterocycles. The van der Waals surface area contributed by atoms with Crippen LogP contribution in [0.1, 0.15) is 61.2 Å². The monoisotopic (exact) mass is 1330 g/mol. The van der Waals surface area contributed by atoms with Crippen LogP contribution in [0.5, 0.6) is 11.5 Å². The van der Waals surface area contributed by atoms with Gasteiger partial charge in [-0.3, -0.25) is 28.4 Å². The summed E-state index contributed by atoms with van der Waals surface area (Å²) in [5.74, 6) is -6.76. The third-order valence-corrected chi connectivity index (χ3v) is 14.4. The van der Waals surface area contributed by atoms with Crippen molar-refractivity contribution in [1.82, 2.24) is 29.7 Å². The van der Waals surface area contributed by atoms with Crippen LogP contribution in [0.25, 0.3) is 20.4 Å². The molecule has 4 aromatic heterocycles. The van der Waals surface area contributed by atoms with Crippen molar-refractivity contribution < 1.29 is 84.9 Å². The molecule has 490 valence electrons. The van der Waals surface area contributed by atoms with Crippen LogP contribution < -0.4 is 48.4 Å². The first kappa shape index (κ1) is 72.3. The van der Waals surface area contributed by atoms with Crippen molar-refractivity contribution in [3.05, 3.63) is 204 Å². The highest BCUT2D eigenvalue weighted by molar-refractivity contribution is 7.19. The van der Waals surface area contributed by atoms with E-state index in [1.165, 1.54) is 81.3 Å². The number of alkyl halides is 1. The number of methoxy groups -OCH3 is 2. The Labute approximate surface area is 529 Å². The lowest BCUT2D eigenvalue weighted by Crippen LogP contribution is -2.42. The Morgan fingerprint density at radius 2 is 1.08 bits per heavy atom. The lowest BCUT2D eigenvalue weighted by molar-refractivity contribution is -0.139. The minimum Gasteiger partial charge on any atom is -0.487 e. The second-order valence-electron chi connectivity index (χ2n) is 18.8. The van der Waals surface area contributed by atoms with E-state index in [1.807, 2.05) is 0 Å². The SMILES string of the molecule is C.COC(=O)N[C@@H](CC/C=C/C(N)=O)C(=O)Cc1cccn(Cc2nc3cc(F)cc(OCc4ccc(F)cc4F)c3s2)c1=O.COC(=O)N[C@@H](CC/C=C/C(N)=O)C(=O)O.Nc1cccn(Cc2nc3cc(F)cc(OCc4ccc(F)cc4F)c3s2)c1=O.[2H]CF. The average molecular weight is 1330 g/mol. The quantitative estimate of drug-likeness (QED) is 0.0243. The number of carboxylic acid groups (broad SMARTS) is 1. The zero-order chi connectivity index (χ0) is 67.6. The molecule has 4 aromatic carbocycles. The van der Waals surface area contributed by atoms with Crippen LogP contribution in [0.3, 0.4) is 0 Å². The summed E-state index contributed by atoms with van der Waals surface area (Å²) < 4.78 is 122. The van der Waals surface area contributed by atoms with Gasteiger partial charge in [-0.25, -0.2) is 50.7 Å². The molecule has 0 radical (unpaired) electrons. The topological polar surface area (TPSA) is 331 Å². The first-order chi connectivity index (χ1) is 43.8. The van der Waals surface area contributed by atoms with E-state index in [4.69, 9.17) is 33.2 Å². The molecule has 31 heteroatoms. The van der Waals surface area contributed by atoms with Gasteiger partial charge in [-0.15, -0.1) is 22.7 Å². The maximum Gasteiger partial charge on any atom is 0.407 e. The van der Waals surface area contributed by atoms with Gasteiger partial charge in [0, 0.05) is 71.9 Å². The van der Waals surface area contributed by atoms with Gasteiger partial charge in [0.25, 0.3) is 11.1 Å². The molecule has 2 atom stereocenters. The van der Waals surface area contributed by atoms with Crippen LogP contribution in [0, 0.1) is 34.9 Å². The van der Waals surface area contributed by atoms with Gasteiger partial charge >= 0.3 is 18.2 Å². The lowest BCUT2D eigenvalue weighted by atomic mass is 10.0. The van der Waals surface area contributed by atoms with Crippen LogP contribution in [-0.2, 0) is 61.4 Å². The summed E-state index contributed by atoms with van der Waals surface area (Å²) in [7, 11) is 1.29. The van der Waals surface area contributed by atoms with E-state index in [2.05, 4.69) is 30.1 Å². The predicted molar refractivity (Wildman–Crippen MR) is 328 cm³/mol. The molecule has 0 unspecified atom stereocenters. The Morgan fingerprint density at radius 3 is 1.51 bits per heavy atom. The number of allylic oxidation sites excluding steroid dienone is 2. The first-order valence-corrected chi connectivity index (χ1v) is 28.1. The van der Waals surface area contributed by atoms with E-state index < -0.39 is 95.5 Å². The normalized spacial score (nSPS) is 11.5. The highest BCUT2D eigenvalue weighted by atomic mass is 32.1. The zero-order valence-electron chi connectivity index (χ0n) is 49.1. The fourth-order valence-corrected chi connectivity index (χ4v) is 10.0. The van der Waals surface area contributed by atoms with Gasteiger partial charge in [0.15, 0.2) is 5.78 Å². The van der Waals surface area contributed by atoms with Gasteiger partial charge in [-0.05, 0) is 80.3 Å². The number of hydrogen-bond acceptors (Lipinski definition) is 17. The van der Waals surface area contributed by atoms with Gasteiger partial charge in [-0.1, -0.05) is 25.6 Å². The smallest absolute Gasteiger partial charge is 0.407 e. The summed E-state index contributed by atoms with van der Waals surface area (Å²) in [4.78, 5) is 102. The van der Waals surface area contributed by atoms with E-state index in [-0.39, 0.29) is 104 Å². The van der Waals surface area contributed by atoms with Crippen LogP contribution in [0.2, 0.25) is 0 Å². The average Bonchev–Trinajstić information content (AvgIpc) is 1.74. The number of aromatic nitrogens is 4. The number of Topliss-reactive ketones (excluding diaryl/α,β-unsaturated/α-hetero) is 1. The molecule has 0 fully saturated rings. The molecule has 0 spiro atoms. The number of thiazole rings is 2. The van der Waals surface area contributed by atoms with Crippen LogP contribution in [0.4, 0.5) is 46.0 Å². The van der Waals surface area contributed by atoms with Crippen LogP contribution >= 0.6 is 22.7 Å². The number of pyridine rings is 2. The minimum atomic E-state index is -1.17. The highest BCUT2D eigenvalue weighted by Gasteiger charge is 2.24. The number of halogens is 7. The molecule has 0 bridgehead atoms. The minimum absolute atomic E-state index is 0. The van der Waals surface area contributed by atoms with E-state index in [0.29, 0.717) is 31.4 Å². The van der Waals surface area contributed by atoms with E-state index >= 15 is 0 Å². The summed E-state index contributed by atoms with van der Waals surface area (Å²) in [6.07, 6.45) is 7.20. The number of carboxylic acids is 1. The van der Waals surface area contributed by atoms with Crippen LogP contribution in [-0.4, -0.2) is 93.4 Å². The second-order valence-corrected chi connectivity index (χ2v) is 20.9. The molecule has 0 aliphatic carbocycles. The molecular formula is C61H62F7N9O13S2. The summed E-state index contributed by atoms with van der Waals surface area (Å²) in [6, 6.07) is 15.2. The number of nitrogens with zero attached hydrogens (tertiary/aromatic N) is 4. The largest absolute Gasteiger partial charge is 0.487 e. The number of hydrogen-bond donors (Lipinski definition) is 6. The molecule has 4 amide bonds. The molecular weight excluding hydrogens is 1260 g/mol. The number of carbonyl (C=O) groups excluding carboxylic acids is 5. The van der Waals surface area contributed by atoms with Gasteiger partial charge < -0.3 is 61.0 Å². The third-order valence-electron chi connectivity index (χ3n) is 12.3. The number of ketones is 1. The van der Waals surface area contributed by atoms with Gasteiger partial charge in [-0.2, -0.15) is 0 Å². The van der Waals surface area contributed by atoms with E-state index in [1.54, 1.807) is 18.3 Å². The second kappa shape index (κ2) is 36.3. The molecule has 0 saturated carbocycles. The van der Waals surface area contributed by atoms with Crippen molar-refractivity contribution in [3.8, 4) is 11.5 Å². The number of aliphatic carboxylic acids is 1. The number of nitrogens with one attached hydrogen (secondary N) is 2. The Hall–Kier alpha value is -10.4. The van der Waals surface area contributed by atoms with Gasteiger partial charge in [0.2, 0.25) is 11.8 Å². The predicted octanol–water partition coefficient (Wildman–Crippen LogP) is 9.08. The summed E-state index contributed by atoms with van der Waals surface area (Å²) >= 11 is 2.37. The number of alkyl carbamates (subject to hydrolysis) is 2. The molecule has 8 rings (SSSR count). The lowest BCUT2D eigenvalue weighted by Gasteiger charge is -2.16. The number of primary amides is 2. The Kier molecular flexibility index (Phi) is 28.5. The maximum absolute atomic E-state index is 14.3. The number of anilines is 1. The molecule has 92 heavy (non-hydrogen) atoms. The van der Waals surface area contributed by atoms with Crippen molar-refractivity contribution in [1.29, 1.82) is 0 Å². The van der Waals surface area contributed by atoms with Gasteiger partial charge in [0.1, 0.15) is 75.7 Å². The van der Waals surface area contributed by atoms with Crippen molar-refractivity contribution in [2.24, 2.45) is 11.5 Å². The number of amides is 4. The number of nitrogen functional groups attached to an aromatic ring is 1. The number of carbonyl (C=O) groups is 6. The summed E-state index contributed by atoms with van der Waals surface area (Å²) in [5, 5.41) is 14.3. The maximum atomic E-state index is 14.3. The first-order valence-electron chi connectivity index (χ1n) is 27.2. The van der Waals surface area contributed by atoms with Crippen molar-refractivity contribution in [2.45, 2.75) is 77.9 Å². The number of rotatable bonds is 24. The van der Waals surface area contributed by atoms with Crippen LogP contribution in [0.15, 0.2) is 131 Å². The highest BCUT2D eigenvalue weighted by Crippen LogP contribution is 2.35. The Morgan fingerprint density at radius 1 is 0.641 bits per heavy atom. The number of ether oxygens (including phenoxy) is 4. The van der Waals surface area contributed by atoms with Crippen molar-refractivity contribution in [3.63, 3.8) is 0 Å². The fourth-order valence-electron chi connectivity index (χ4n) is 8.00. The number of fused-ring (bicyclic) bond motifs is 2. The zero-order valence-corrected chi connectivity index (χ0v) is 49.7. The molecule has 0 aliphatic rings. The van der Waals surface area contributed by atoms with Crippen molar-refractivity contribution >= 4 is 84.5 Å². The van der Waals surface area contributed by atoms with E-state index in [9.17, 15) is 69.1 Å². The van der Waals surface area contributed by atoms with Crippen molar-refractivity contribution in [2.75, 3.05) is 27.1 Å². The van der Waals surface area contributed by atoms with E-state index in [0.717, 1.165) is 68.0 Å². The molecule has 0 aliphatic heterocycles. The standard InChI is InChI=1S/C30H27F3N4O6S.C20H14F3N3O2S.C9H14N2O5.CH3F.CH4/c1-42-30(41)36-22(6-2-3-7-26(34)39)24(38)11-17-5-4-10-37(29(17)40)15-27-35-23-13-20(32)14-25(28(23)44-27)43-16-18-8-9-19(31)12-21(18)33;21-12-4-3-11(14(23)6-12)10-28-17-8-13(22)7-16-19(17)29-18(25-16)9-26-5-1-2-15(24)20(26)27;1-16-9(15)11-6(8(13)14)4-2-3-5-7(10)12;1-2;/h3-5,7-10,12-14,22H,2,6,11,15-16H2,1H3,(H2,34,39)(H,36,41);1-8H,9-10,24H2;3,5-6H,2,4H2,1H3,(H2,10,12)(H,11,15)(H,13,14);1H3;1H4/b7-3+;;5-3+;;/t22-;;6-;;/m0.0../s1/i;;;1D;. The third kappa shape index (κ3) is 22.6. The Bertz CT molecular complexity index is 4110. The number of nitrogens with two attached hydrogens (primary N) is 3. The molecule has 8 aromatic rings. The molecule has 0 saturated heterocycles. The fraction of sp³-hybridized carbons (Fsp3) is 0.246. The van der Waals surface area contributed by atoms with Gasteiger partial charge in [0.05, 0.1) is 68.0 Å². The summed E-state index contributed by atoms with van der Waals surface area (Å²) in [6.45, 7) is -0.320. The summed E-state index contributed by atoms with van der Waals surface area (Å²) in [5.41, 5.74) is 15.9. The Balaban J connectivity index is 0.000000322. The molecule has 22 nitrogen and oxygen atoms in total. The number of benzene rings is 4.